The van der Waals surface area contributed by atoms with Gasteiger partial charge in [-0.1, -0.05) is 13.8 Å². The fraction of sp³-hybridized carbons (Fsp3) is 0.417. The van der Waals surface area contributed by atoms with Crippen LogP contribution in [0.25, 0.3) is 10.9 Å². The predicted molar refractivity (Wildman–Crippen MR) is 132 cm³/mol. The van der Waals surface area contributed by atoms with Crippen LogP contribution in [0.15, 0.2) is 42.9 Å². The number of aromatic nitrogens is 3. The van der Waals surface area contributed by atoms with Gasteiger partial charge in [0.25, 0.3) is 0 Å². The van der Waals surface area contributed by atoms with E-state index in [1.807, 2.05) is 38.1 Å². The predicted octanol–water partition coefficient (Wildman–Crippen LogP) is 4.20. The van der Waals surface area contributed by atoms with Crippen LogP contribution in [-0.4, -0.2) is 57.0 Å². The Morgan fingerprint density at radius 3 is 2.55 bits per heavy atom. The monoisotopic (exact) mass is 451 g/mol. The van der Waals surface area contributed by atoms with Crippen molar-refractivity contribution in [1.29, 1.82) is 0 Å². The maximum Gasteiger partial charge on any atom is 0.326 e. The first-order valence-corrected chi connectivity index (χ1v) is 11.4. The van der Waals surface area contributed by atoms with Gasteiger partial charge in [-0.25, -0.2) is 14.8 Å². The lowest BCUT2D eigenvalue weighted by molar-refractivity contribution is -0.116. The second-order valence-corrected chi connectivity index (χ2v) is 8.16. The zero-order valence-corrected chi connectivity index (χ0v) is 19.8. The Kier molecular flexibility index (Phi) is 8.37. The minimum absolute atomic E-state index is 0.0608. The normalized spacial score (nSPS) is 11.2. The molecule has 0 aliphatic carbocycles. The van der Waals surface area contributed by atoms with Crippen LogP contribution in [0.5, 0.6) is 0 Å². The molecular formula is C24H33N7O2. The Bertz CT molecular complexity index is 1090. The summed E-state index contributed by atoms with van der Waals surface area (Å²) in [5.41, 5.74) is 1.64. The third kappa shape index (κ3) is 6.76. The molecule has 2 amide bonds. The average molecular weight is 452 g/mol. The van der Waals surface area contributed by atoms with Gasteiger partial charge < -0.3 is 20.9 Å². The highest BCUT2D eigenvalue weighted by molar-refractivity contribution is 5.93. The van der Waals surface area contributed by atoms with E-state index in [-0.39, 0.29) is 18.0 Å². The van der Waals surface area contributed by atoms with Gasteiger partial charge in [0.2, 0.25) is 5.91 Å². The summed E-state index contributed by atoms with van der Waals surface area (Å²) in [5.74, 6) is 0.965. The van der Waals surface area contributed by atoms with Crippen molar-refractivity contribution in [2.75, 3.05) is 30.3 Å². The van der Waals surface area contributed by atoms with E-state index < -0.39 is 0 Å². The largest absolute Gasteiger partial charge is 0.340 e. The molecule has 0 atom stereocenters. The third-order valence-electron chi connectivity index (χ3n) is 5.30. The SMILES string of the molecule is CCN(CC)CCCC(=O)Nc1cc(Nc2ccc3c(ccn3C(=O)NC(C)C)c2)ncn1. The highest BCUT2D eigenvalue weighted by Crippen LogP contribution is 2.23. The van der Waals surface area contributed by atoms with Gasteiger partial charge in [-0.15, -0.1) is 0 Å². The van der Waals surface area contributed by atoms with Gasteiger partial charge in [-0.2, -0.15) is 0 Å². The molecule has 33 heavy (non-hydrogen) atoms. The van der Waals surface area contributed by atoms with Crippen molar-refractivity contribution in [2.24, 2.45) is 0 Å². The Labute approximate surface area is 194 Å². The summed E-state index contributed by atoms with van der Waals surface area (Å²) in [6.07, 6.45) is 4.42. The van der Waals surface area contributed by atoms with Crippen molar-refractivity contribution in [1.82, 2.24) is 24.8 Å². The lowest BCUT2D eigenvalue weighted by atomic mass is 10.2. The first-order chi connectivity index (χ1) is 15.9. The molecule has 9 heteroatoms. The number of benzene rings is 1. The number of carbonyl (C=O) groups is 2. The average Bonchev–Trinajstić information content (AvgIpc) is 3.20. The van der Waals surface area contributed by atoms with Gasteiger partial charge in [-0.3, -0.25) is 9.36 Å². The molecule has 0 bridgehead atoms. The van der Waals surface area contributed by atoms with E-state index in [0.29, 0.717) is 18.1 Å². The molecule has 2 heterocycles. The Balaban J connectivity index is 1.61. The molecular weight excluding hydrogens is 418 g/mol. The van der Waals surface area contributed by atoms with E-state index in [1.54, 1.807) is 16.8 Å². The molecule has 3 aromatic rings. The molecule has 9 nitrogen and oxygen atoms in total. The lowest BCUT2D eigenvalue weighted by Gasteiger charge is -2.17. The van der Waals surface area contributed by atoms with E-state index in [9.17, 15) is 9.59 Å². The summed E-state index contributed by atoms with van der Waals surface area (Å²) in [4.78, 5) is 35.3. The number of fused-ring (bicyclic) bond motifs is 1. The number of anilines is 3. The first-order valence-electron chi connectivity index (χ1n) is 11.4. The van der Waals surface area contributed by atoms with Crippen LogP contribution >= 0.6 is 0 Å². The van der Waals surface area contributed by atoms with Crippen LogP contribution in [0.1, 0.15) is 40.5 Å². The number of rotatable bonds is 10. The van der Waals surface area contributed by atoms with Gasteiger partial charge in [0.1, 0.15) is 18.0 Å². The number of nitrogens with one attached hydrogen (secondary N) is 3. The number of amides is 2. The van der Waals surface area contributed by atoms with E-state index >= 15 is 0 Å². The van der Waals surface area contributed by atoms with Crippen LogP contribution in [0.3, 0.4) is 0 Å². The molecule has 0 saturated heterocycles. The highest BCUT2D eigenvalue weighted by Gasteiger charge is 2.11. The van der Waals surface area contributed by atoms with E-state index in [4.69, 9.17) is 0 Å². The Morgan fingerprint density at radius 2 is 1.82 bits per heavy atom. The summed E-state index contributed by atoms with van der Waals surface area (Å²) in [6.45, 7) is 11.0. The van der Waals surface area contributed by atoms with E-state index in [0.717, 1.165) is 42.6 Å². The molecule has 1 aromatic carbocycles. The molecule has 3 N–H and O–H groups in total. The summed E-state index contributed by atoms with van der Waals surface area (Å²) in [5, 5.41) is 9.89. The quantitative estimate of drug-likeness (QED) is 0.427. The number of carbonyl (C=O) groups excluding carboxylic acids is 2. The maximum atomic E-state index is 12.3. The number of hydrogen-bond donors (Lipinski definition) is 3. The molecule has 0 radical (unpaired) electrons. The fourth-order valence-electron chi connectivity index (χ4n) is 3.56. The molecule has 0 spiro atoms. The van der Waals surface area contributed by atoms with Gasteiger partial charge >= 0.3 is 6.03 Å². The van der Waals surface area contributed by atoms with Crippen LogP contribution in [0.4, 0.5) is 22.1 Å². The smallest absolute Gasteiger partial charge is 0.326 e. The van der Waals surface area contributed by atoms with Gasteiger partial charge in [0.05, 0.1) is 5.52 Å². The second-order valence-electron chi connectivity index (χ2n) is 8.16. The van der Waals surface area contributed by atoms with Crippen LogP contribution in [-0.2, 0) is 4.79 Å². The first kappa shape index (κ1) is 24.2. The number of nitrogens with zero attached hydrogens (tertiary/aromatic N) is 4. The van der Waals surface area contributed by atoms with Gasteiger partial charge in [0.15, 0.2) is 0 Å². The molecule has 3 rings (SSSR count). The van der Waals surface area contributed by atoms with Crippen LogP contribution in [0, 0.1) is 0 Å². The van der Waals surface area contributed by atoms with Crippen LogP contribution in [0.2, 0.25) is 0 Å². The standard InChI is InChI=1S/C24H33N7O2/c1-5-30(6-2)12-7-8-23(32)29-22-15-21(25-16-26-22)28-19-9-10-20-18(14-19)11-13-31(20)24(33)27-17(3)4/h9-11,13-17H,5-8,12H2,1-4H3,(H,27,33)(H2,25,26,28,29,32). The zero-order chi connectivity index (χ0) is 23.8. The molecule has 0 unspecified atom stereocenters. The topological polar surface area (TPSA) is 104 Å². The minimum Gasteiger partial charge on any atom is -0.340 e. The molecule has 0 aliphatic heterocycles. The van der Waals surface area contributed by atoms with Gasteiger partial charge in [-0.05, 0) is 64.2 Å². The third-order valence-corrected chi connectivity index (χ3v) is 5.30. The molecule has 0 saturated carbocycles. The van der Waals surface area contributed by atoms with Crippen molar-refractivity contribution in [3.63, 3.8) is 0 Å². The molecule has 0 fully saturated rings. The number of hydrogen-bond acceptors (Lipinski definition) is 6. The molecule has 0 aliphatic rings. The van der Waals surface area contributed by atoms with Crippen molar-refractivity contribution in [3.8, 4) is 0 Å². The minimum atomic E-state index is -0.158. The molecule has 2 aromatic heterocycles. The summed E-state index contributed by atoms with van der Waals surface area (Å²) < 4.78 is 1.59. The van der Waals surface area contributed by atoms with E-state index in [2.05, 4.69) is 44.7 Å². The van der Waals surface area contributed by atoms with Crippen molar-refractivity contribution < 1.29 is 9.59 Å². The molecule has 176 valence electrons. The van der Waals surface area contributed by atoms with E-state index in [1.165, 1.54) is 6.33 Å². The summed E-state index contributed by atoms with van der Waals surface area (Å²) in [6, 6.07) is 9.21. The Hall–Kier alpha value is -3.46. The van der Waals surface area contributed by atoms with Crippen LogP contribution < -0.4 is 16.0 Å². The fourth-order valence-corrected chi connectivity index (χ4v) is 3.56. The van der Waals surface area contributed by atoms with Crippen molar-refractivity contribution in [2.45, 2.75) is 46.6 Å². The lowest BCUT2D eigenvalue weighted by Crippen LogP contribution is -2.33. The van der Waals surface area contributed by atoms with Gasteiger partial charge in [0, 0.05) is 35.8 Å². The Morgan fingerprint density at radius 1 is 1.06 bits per heavy atom. The zero-order valence-electron chi connectivity index (χ0n) is 19.8. The second kappa shape index (κ2) is 11.4. The summed E-state index contributed by atoms with van der Waals surface area (Å²) in [7, 11) is 0. The maximum absolute atomic E-state index is 12.3. The van der Waals surface area contributed by atoms with Crippen molar-refractivity contribution in [3.05, 3.63) is 42.9 Å². The van der Waals surface area contributed by atoms with Crippen molar-refractivity contribution >= 4 is 40.2 Å². The highest BCUT2D eigenvalue weighted by atomic mass is 16.2. The summed E-state index contributed by atoms with van der Waals surface area (Å²) >= 11 is 0.